The third kappa shape index (κ3) is 10.5. The molecule has 0 aliphatic rings. The summed E-state index contributed by atoms with van der Waals surface area (Å²) in [6, 6.07) is 28.2. The van der Waals surface area contributed by atoms with Gasteiger partial charge < -0.3 is 20.7 Å². The minimum absolute atomic E-state index is 0.110. The maximum absolute atomic E-state index is 13.7. The van der Waals surface area contributed by atoms with Gasteiger partial charge in [0.2, 0.25) is 5.91 Å². The second kappa shape index (κ2) is 16.1. The SMILES string of the molecule is CC(C)(CN)CNC(=O)c1ccccc1-c1cccc(CN(CCc2ccc(OC(=O)C(F)(F)F)cc2)C(=O)Cc2ccc(Br)cc2)c1. The van der Waals surface area contributed by atoms with Crippen molar-refractivity contribution in [2.45, 2.75) is 39.4 Å². The number of hydrogen-bond acceptors (Lipinski definition) is 5. The molecule has 0 fully saturated rings. The molecule has 0 saturated heterocycles. The van der Waals surface area contributed by atoms with Crippen LogP contribution in [0, 0.1) is 5.41 Å². The van der Waals surface area contributed by atoms with Crippen molar-refractivity contribution in [1.82, 2.24) is 10.2 Å². The Morgan fingerprint density at radius 1 is 0.854 bits per heavy atom. The second-order valence-electron chi connectivity index (χ2n) is 12.2. The van der Waals surface area contributed by atoms with Crippen molar-refractivity contribution >= 4 is 33.7 Å². The third-order valence-electron chi connectivity index (χ3n) is 7.72. The molecular weight excluding hydrogens is 687 g/mol. The van der Waals surface area contributed by atoms with Gasteiger partial charge in [-0.25, -0.2) is 4.79 Å². The van der Waals surface area contributed by atoms with Gasteiger partial charge in [-0.15, -0.1) is 0 Å². The Balaban J connectivity index is 1.54. The number of nitrogens with one attached hydrogen (secondary N) is 1. The van der Waals surface area contributed by atoms with Gasteiger partial charge in [-0.3, -0.25) is 9.59 Å². The molecule has 0 spiro atoms. The fraction of sp³-hybridized carbons (Fsp3) is 0.270. The van der Waals surface area contributed by atoms with Crippen molar-refractivity contribution in [2.24, 2.45) is 11.1 Å². The molecule has 0 unspecified atom stereocenters. The lowest BCUT2D eigenvalue weighted by Crippen LogP contribution is -2.38. The number of nitrogens with two attached hydrogens (primary N) is 1. The molecule has 252 valence electrons. The fourth-order valence-corrected chi connectivity index (χ4v) is 5.08. The predicted octanol–water partition coefficient (Wildman–Crippen LogP) is 7.11. The van der Waals surface area contributed by atoms with Gasteiger partial charge in [0.1, 0.15) is 5.75 Å². The Hall–Kier alpha value is -4.48. The van der Waals surface area contributed by atoms with Crippen molar-refractivity contribution in [2.75, 3.05) is 19.6 Å². The summed E-state index contributed by atoms with van der Waals surface area (Å²) in [6.07, 6.45) is -4.52. The van der Waals surface area contributed by atoms with Crippen molar-refractivity contribution in [3.05, 3.63) is 124 Å². The first-order chi connectivity index (χ1) is 22.7. The summed E-state index contributed by atoms with van der Waals surface area (Å²) in [5.74, 6) is -2.83. The molecule has 0 atom stereocenters. The van der Waals surface area contributed by atoms with Gasteiger partial charge in [0.15, 0.2) is 0 Å². The molecule has 0 aliphatic carbocycles. The van der Waals surface area contributed by atoms with E-state index in [1.165, 1.54) is 12.1 Å². The number of ether oxygens (including phenoxy) is 1. The molecule has 0 radical (unpaired) electrons. The summed E-state index contributed by atoms with van der Waals surface area (Å²) in [5.41, 5.74) is 10.1. The number of benzene rings is 4. The highest BCUT2D eigenvalue weighted by Crippen LogP contribution is 2.26. The molecule has 7 nitrogen and oxygen atoms in total. The molecule has 2 amide bonds. The van der Waals surface area contributed by atoms with Crippen molar-refractivity contribution in [3.63, 3.8) is 0 Å². The van der Waals surface area contributed by atoms with E-state index >= 15 is 0 Å². The first-order valence-electron chi connectivity index (χ1n) is 15.3. The Bertz CT molecular complexity index is 1730. The number of rotatable bonds is 13. The summed E-state index contributed by atoms with van der Waals surface area (Å²) in [7, 11) is 0. The van der Waals surface area contributed by atoms with Crippen LogP contribution in [-0.2, 0) is 29.0 Å². The first kappa shape index (κ1) is 36.4. The number of nitrogens with zero attached hydrogens (tertiary/aromatic N) is 1. The zero-order valence-electron chi connectivity index (χ0n) is 26.6. The van der Waals surface area contributed by atoms with E-state index in [4.69, 9.17) is 5.73 Å². The van der Waals surface area contributed by atoms with E-state index in [0.29, 0.717) is 31.6 Å². The maximum Gasteiger partial charge on any atom is 0.491 e. The molecule has 0 heterocycles. The summed E-state index contributed by atoms with van der Waals surface area (Å²) in [4.78, 5) is 39.8. The van der Waals surface area contributed by atoms with Gasteiger partial charge in [0.05, 0.1) is 6.42 Å². The van der Waals surface area contributed by atoms with Gasteiger partial charge in [-0.05, 0) is 82.6 Å². The average Bonchev–Trinajstić information content (AvgIpc) is 3.07. The van der Waals surface area contributed by atoms with Crippen LogP contribution in [0.5, 0.6) is 5.75 Å². The van der Waals surface area contributed by atoms with E-state index in [9.17, 15) is 27.6 Å². The lowest BCUT2D eigenvalue weighted by molar-refractivity contribution is -0.189. The maximum atomic E-state index is 13.7. The third-order valence-corrected chi connectivity index (χ3v) is 8.25. The molecule has 4 rings (SSSR count). The number of alkyl halides is 3. The van der Waals surface area contributed by atoms with Gasteiger partial charge >= 0.3 is 12.1 Å². The second-order valence-corrected chi connectivity index (χ2v) is 13.1. The van der Waals surface area contributed by atoms with E-state index in [-0.39, 0.29) is 35.9 Å². The summed E-state index contributed by atoms with van der Waals surface area (Å²) in [5, 5.41) is 2.99. The minimum Gasteiger partial charge on any atom is -0.420 e. The van der Waals surface area contributed by atoms with Crippen LogP contribution < -0.4 is 15.8 Å². The molecule has 48 heavy (non-hydrogen) atoms. The van der Waals surface area contributed by atoms with Crippen molar-refractivity contribution in [3.8, 4) is 16.9 Å². The zero-order valence-corrected chi connectivity index (χ0v) is 28.2. The van der Waals surface area contributed by atoms with Crippen LogP contribution in [0.1, 0.15) is 40.9 Å². The zero-order chi connectivity index (χ0) is 34.9. The molecular formula is C37H37BrF3N3O4. The van der Waals surface area contributed by atoms with Gasteiger partial charge in [0, 0.05) is 29.7 Å². The predicted molar refractivity (Wildman–Crippen MR) is 182 cm³/mol. The van der Waals surface area contributed by atoms with Crippen molar-refractivity contribution in [1.29, 1.82) is 0 Å². The summed E-state index contributed by atoms with van der Waals surface area (Å²) in [6.45, 7) is 5.42. The molecule has 3 N–H and O–H groups in total. The minimum atomic E-state index is -5.10. The monoisotopic (exact) mass is 723 g/mol. The first-order valence-corrected chi connectivity index (χ1v) is 16.1. The Morgan fingerprint density at radius 2 is 1.52 bits per heavy atom. The highest BCUT2D eigenvalue weighted by Gasteiger charge is 2.41. The molecule has 4 aromatic carbocycles. The largest absolute Gasteiger partial charge is 0.491 e. The van der Waals surface area contributed by atoms with Crippen LogP contribution in [0.2, 0.25) is 0 Å². The quantitative estimate of drug-likeness (QED) is 0.113. The van der Waals surface area contributed by atoms with E-state index in [1.54, 1.807) is 23.1 Å². The fourth-order valence-electron chi connectivity index (χ4n) is 4.81. The van der Waals surface area contributed by atoms with Crippen LogP contribution in [0.25, 0.3) is 11.1 Å². The molecule has 0 aromatic heterocycles. The van der Waals surface area contributed by atoms with E-state index < -0.39 is 12.1 Å². The average molecular weight is 725 g/mol. The van der Waals surface area contributed by atoms with Crippen LogP contribution >= 0.6 is 15.9 Å². The molecule has 4 aromatic rings. The standard InChI is InChI=1S/C37H37BrF3N3O4/c1-36(2,23-42)24-43-34(46)32-9-4-3-8-31(32)28-7-5-6-27(20-28)22-44(33(45)21-26-10-14-29(38)15-11-26)19-18-25-12-16-30(17-13-25)48-35(47)37(39,40)41/h3-17,20H,18-19,21-24,42H2,1-2H3,(H,43,46). The van der Waals surface area contributed by atoms with Crippen LogP contribution in [0.15, 0.2) is 102 Å². The number of carbonyl (C=O) groups excluding carboxylic acids is 3. The number of carbonyl (C=O) groups is 3. The molecule has 0 bridgehead atoms. The van der Waals surface area contributed by atoms with Crippen LogP contribution in [-0.4, -0.2) is 48.5 Å². The number of amides is 2. The van der Waals surface area contributed by atoms with Gasteiger partial charge in [0.25, 0.3) is 5.91 Å². The topological polar surface area (TPSA) is 102 Å². The number of halogens is 4. The number of hydrogen-bond donors (Lipinski definition) is 2. The lowest BCUT2D eigenvalue weighted by atomic mass is 9.93. The molecule has 11 heteroatoms. The van der Waals surface area contributed by atoms with Crippen molar-refractivity contribution < 1.29 is 32.3 Å². The Morgan fingerprint density at radius 3 is 2.19 bits per heavy atom. The summed E-state index contributed by atoms with van der Waals surface area (Å²) >= 11 is 3.42. The lowest BCUT2D eigenvalue weighted by Gasteiger charge is -2.24. The number of esters is 1. The van der Waals surface area contributed by atoms with Gasteiger partial charge in [-0.2, -0.15) is 13.2 Å². The van der Waals surface area contributed by atoms with Gasteiger partial charge in [-0.1, -0.05) is 90.4 Å². The van der Waals surface area contributed by atoms with Crippen LogP contribution in [0.3, 0.4) is 0 Å². The van der Waals surface area contributed by atoms with E-state index in [0.717, 1.165) is 32.3 Å². The highest BCUT2D eigenvalue weighted by atomic mass is 79.9. The molecule has 0 aliphatic heterocycles. The Kier molecular flexibility index (Phi) is 12.2. The normalized spacial score (nSPS) is 11.6. The van der Waals surface area contributed by atoms with E-state index in [2.05, 4.69) is 26.0 Å². The highest BCUT2D eigenvalue weighted by molar-refractivity contribution is 9.10. The van der Waals surface area contributed by atoms with E-state index in [1.807, 2.05) is 80.6 Å². The smallest absolute Gasteiger partial charge is 0.420 e. The Labute approximate surface area is 286 Å². The summed E-state index contributed by atoms with van der Waals surface area (Å²) < 4.78 is 43.0. The molecule has 0 saturated carbocycles. The van der Waals surface area contributed by atoms with Crippen LogP contribution in [0.4, 0.5) is 13.2 Å².